The molecule has 0 aromatic rings. The van der Waals surface area contributed by atoms with Gasteiger partial charge in [0.15, 0.2) is 0 Å². The van der Waals surface area contributed by atoms with Crippen molar-refractivity contribution >= 4 is 0 Å². The molecule has 0 heterocycles. The summed E-state index contributed by atoms with van der Waals surface area (Å²) >= 11 is 0. The highest BCUT2D eigenvalue weighted by molar-refractivity contribution is 4.99. The summed E-state index contributed by atoms with van der Waals surface area (Å²) in [5.41, 5.74) is 0. The highest BCUT2D eigenvalue weighted by Gasteiger charge is 2.39. The predicted molar refractivity (Wildman–Crippen MR) is 26.1 cm³/mol. The molecule has 0 spiro atoms. The molecule has 0 radical (unpaired) electrons. The normalized spacial score (nSPS) is 14.7. The maximum absolute atomic E-state index is 11.7. The summed E-state index contributed by atoms with van der Waals surface area (Å²) in [6, 6.07) is 0. The van der Waals surface area contributed by atoms with Crippen molar-refractivity contribution in [2.24, 2.45) is 0 Å². The van der Waals surface area contributed by atoms with Crippen LogP contribution in [0.25, 0.3) is 0 Å². The fraction of sp³-hybridized carbons (Fsp3) is 0.600. The highest BCUT2D eigenvalue weighted by atomic mass is 19.4. The lowest BCUT2D eigenvalue weighted by Gasteiger charge is -2.09. The number of alkyl halides is 7. The van der Waals surface area contributed by atoms with E-state index in [1.54, 1.807) is 0 Å². The molecule has 0 aliphatic carbocycles. The summed E-state index contributed by atoms with van der Waals surface area (Å²) in [7, 11) is 0. The zero-order valence-corrected chi connectivity index (χ0v) is 5.38. The lowest BCUT2D eigenvalue weighted by molar-refractivity contribution is -0.101. The number of hydrogen-bond acceptors (Lipinski definition) is 0. The van der Waals surface area contributed by atoms with Gasteiger partial charge in [-0.3, -0.25) is 0 Å². The van der Waals surface area contributed by atoms with Gasteiger partial charge in [0.2, 0.25) is 0 Å². The summed E-state index contributed by atoms with van der Waals surface area (Å²) in [5, 5.41) is 0. The van der Waals surface area contributed by atoms with Crippen LogP contribution in [0.1, 0.15) is 0 Å². The standard InChI is InChI=1S/C5H3F7/c6-3(7)4(8,9)1-2-5(10,11)12/h1-3H/b2-1+. The van der Waals surface area contributed by atoms with E-state index in [9.17, 15) is 30.7 Å². The maximum atomic E-state index is 11.7. The van der Waals surface area contributed by atoms with Crippen molar-refractivity contribution in [3.8, 4) is 0 Å². The molecule has 12 heavy (non-hydrogen) atoms. The minimum atomic E-state index is -5.00. The fourth-order valence-electron chi connectivity index (χ4n) is 0.278. The van der Waals surface area contributed by atoms with Crippen LogP contribution in [0, 0.1) is 0 Å². The monoisotopic (exact) mass is 196 g/mol. The van der Waals surface area contributed by atoms with Crippen LogP contribution >= 0.6 is 0 Å². The molecule has 0 saturated heterocycles. The van der Waals surface area contributed by atoms with Gasteiger partial charge in [-0.05, 0) is 6.08 Å². The second-order valence-electron chi connectivity index (χ2n) is 1.85. The molecule has 0 rings (SSSR count). The van der Waals surface area contributed by atoms with Crippen LogP contribution in [0.2, 0.25) is 0 Å². The molecule has 0 unspecified atom stereocenters. The number of rotatable bonds is 2. The van der Waals surface area contributed by atoms with E-state index in [2.05, 4.69) is 0 Å². The van der Waals surface area contributed by atoms with Gasteiger partial charge in [-0.2, -0.15) is 22.0 Å². The van der Waals surface area contributed by atoms with Crippen LogP contribution in [0.15, 0.2) is 12.2 Å². The first-order valence-corrected chi connectivity index (χ1v) is 2.58. The lowest BCUT2D eigenvalue weighted by Crippen LogP contribution is -2.24. The Bertz CT molecular complexity index is 165. The molecule has 0 saturated carbocycles. The average molecular weight is 196 g/mol. The van der Waals surface area contributed by atoms with E-state index >= 15 is 0 Å². The highest BCUT2D eigenvalue weighted by Crippen LogP contribution is 2.27. The van der Waals surface area contributed by atoms with Crippen molar-refractivity contribution in [1.29, 1.82) is 0 Å². The minimum absolute atomic E-state index is 0.863. The van der Waals surface area contributed by atoms with E-state index in [4.69, 9.17) is 0 Å². The Balaban J connectivity index is 4.34. The summed E-state index contributed by atoms with van der Waals surface area (Å²) in [5.74, 6) is -4.73. The topological polar surface area (TPSA) is 0 Å². The third kappa shape index (κ3) is 4.20. The summed E-state index contributed by atoms with van der Waals surface area (Å²) in [4.78, 5) is 0. The molecule has 0 fully saturated rings. The second-order valence-corrected chi connectivity index (χ2v) is 1.85. The van der Waals surface area contributed by atoms with Gasteiger partial charge in [-0.1, -0.05) is 0 Å². The summed E-state index contributed by atoms with van der Waals surface area (Å²) < 4.78 is 79.5. The largest absolute Gasteiger partial charge is 0.409 e. The molecule has 0 aromatic heterocycles. The second kappa shape index (κ2) is 3.32. The van der Waals surface area contributed by atoms with Gasteiger partial charge in [-0.15, -0.1) is 0 Å². The molecule has 0 aliphatic rings. The first-order valence-electron chi connectivity index (χ1n) is 2.58. The van der Waals surface area contributed by atoms with Crippen molar-refractivity contribution in [3.05, 3.63) is 12.2 Å². The maximum Gasteiger partial charge on any atom is 0.409 e. The zero-order chi connectivity index (χ0) is 9.99. The van der Waals surface area contributed by atoms with E-state index in [-0.39, 0.29) is 0 Å². The van der Waals surface area contributed by atoms with Gasteiger partial charge >= 0.3 is 18.5 Å². The van der Waals surface area contributed by atoms with Crippen LogP contribution < -0.4 is 0 Å². The molecule has 0 amide bonds. The quantitative estimate of drug-likeness (QED) is 0.470. The molecular weight excluding hydrogens is 193 g/mol. The van der Waals surface area contributed by atoms with E-state index in [0.29, 0.717) is 0 Å². The molecule has 0 bridgehead atoms. The van der Waals surface area contributed by atoms with Crippen LogP contribution in [0.3, 0.4) is 0 Å². The van der Waals surface area contributed by atoms with Crippen molar-refractivity contribution in [1.82, 2.24) is 0 Å². The van der Waals surface area contributed by atoms with Crippen molar-refractivity contribution < 1.29 is 30.7 Å². The molecule has 0 atom stereocenters. The van der Waals surface area contributed by atoms with Crippen molar-refractivity contribution in [2.75, 3.05) is 0 Å². The van der Waals surface area contributed by atoms with Gasteiger partial charge in [-0.25, -0.2) is 8.78 Å². The molecule has 72 valence electrons. The van der Waals surface area contributed by atoms with E-state index in [1.807, 2.05) is 0 Å². The van der Waals surface area contributed by atoms with E-state index in [1.165, 1.54) is 0 Å². The molecule has 0 N–H and O–H groups in total. The van der Waals surface area contributed by atoms with Crippen molar-refractivity contribution in [3.63, 3.8) is 0 Å². The van der Waals surface area contributed by atoms with E-state index < -0.39 is 30.7 Å². The molecule has 7 heteroatoms. The Morgan fingerprint density at radius 3 is 1.50 bits per heavy atom. The lowest BCUT2D eigenvalue weighted by atomic mass is 10.3. The van der Waals surface area contributed by atoms with E-state index in [0.717, 1.165) is 0 Å². The van der Waals surface area contributed by atoms with Gasteiger partial charge in [0.25, 0.3) is 0 Å². The summed E-state index contributed by atoms with van der Waals surface area (Å²) in [6.07, 6.45) is -10.9. The Morgan fingerprint density at radius 2 is 1.25 bits per heavy atom. The summed E-state index contributed by atoms with van der Waals surface area (Å²) in [6.45, 7) is 0. The molecule has 0 nitrogen and oxygen atoms in total. The van der Waals surface area contributed by atoms with Gasteiger partial charge in [0.1, 0.15) is 0 Å². The third-order valence-corrected chi connectivity index (χ3v) is 0.785. The minimum Gasteiger partial charge on any atom is -0.203 e. The zero-order valence-electron chi connectivity index (χ0n) is 5.38. The molecular formula is C5H3F7. The Hall–Kier alpha value is -0.750. The SMILES string of the molecule is FC(F)C(F)(F)/C=C/C(F)(F)F. The van der Waals surface area contributed by atoms with Gasteiger partial charge < -0.3 is 0 Å². The van der Waals surface area contributed by atoms with Crippen LogP contribution in [-0.4, -0.2) is 18.5 Å². The smallest absolute Gasteiger partial charge is 0.203 e. The number of halogens is 7. The van der Waals surface area contributed by atoms with Crippen LogP contribution in [-0.2, 0) is 0 Å². The van der Waals surface area contributed by atoms with Crippen molar-refractivity contribution in [2.45, 2.75) is 18.5 Å². The molecule has 0 aliphatic heterocycles. The predicted octanol–water partition coefficient (Wildman–Crippen LogP) is 3.01. The Morgan fingerprint density at radius 1 is 0.833 bits per heavy atom. The Kier molecular flexibility index (Phi) is 3.11. The molecule has 0 aromatic carbocycles. The van der Waals surface area contributed by atoms with Crippen LogP contribution in [0.5, 0.6) is 0 Å². The number of hydrogen-bond donors (Lipinski definition) is 0. The fourth-order valence-corrected chi connectivity index (χ4v) is 0.278. The first-order chi connectivity index (χ1) is 5.15. The third-order valence-electron chi connectivity index (χ3n) is 0.785. The Labute approximate surface area is 62.7 Å². The first kappa shape index (κ1) is 11.2. The van der Waals surface area contributed by atoms with Crippen LogP contribution in [0.4, 0.5) is 30.7 Å². The average Bonchev–Trinajstić information content (AvgIpc) is 1.82. The van der Waals surface area contributed by atoms with Gasteiger partial charge in [0, 0.05) is 6.08 Å². The number of allylic oxidation sites excluding steroid dienone is 2. The van der Waals surface area contributed by atoms with Gasteiger partial charge in [0.05, 0.1) is 0 Å².